The second-order valence-electron chi connectivity index (χ2n) is 2.10. The van der Waals surface area contributed by atoms with Gasteiger partial charge in [0.1, 0.15) is 0 Å². The third-order valence-electron chi connectivity index (χ3n) is 1.38. The summed E-state index contributed by atoms with van der Waals surface area (Å²) in [7, 11) is 1.37. The normalized spacial score (nSPS) is 12.8. The molecule has 1 aromatic rings. The zero-order chi connectivity index (χ0) is 8.27. The summed E-state index contributed by atoms with van der Waals surface area (Å²) >= 11 is 0. The molecule has 2 N–H and O–H groups in total. The fraction of sp³-hybridized carbons (Fsp3) is 0.286. The lowest BCUT2D eigenvalue weighted by Crippen LogP contribution is -2.12. The van der Waals surface area contributed by atoms with Crippen molar-refractivity contribution >= 4 is 5.97 Å². The van der Waals surface area contributed by atoms with Crippen LogP contribution in [0.15, 0.2) is 18.5 Å². The third-order valence-corrected chi connectivity index (χ3v) is 1.38. The molecule has 0 saturated carbocycles. The van der Waals surface area contributed by atoms with Crippen molar-refractivity contribution in [2.45, 2.75) is 6.10 Å². The van der Waals surface area contributed by atoms with Crippen LogP contribution in [0, 0.1) is 0 Å². The Morgan fingerprint density at radius 1 is 1.82 bits per heavy atom. The van der Waals surface area contributed by atoms with Gasteiger partial charge in [0.05, 0.1) is 0 Å². The molecule has 1 rings (SSSR count). The van der Waals surface area contributed by atoms with E-state index in [1.54, 1.807) is 18.5 Å². The van der Waals surface area contributed by atoms with Crippen LogP contribution in [-0.4, -0.2) is 23.2 Å². The van der Waals surface area contributed by atoms with Crippen molar-refractivity contribution in [3.05, 3.63) is 24.0 Å². The summed E-state index contributed by atoms with van der Waals surface area (Å²) in [5.74, 6) is -0.980. The summed E-state index contributed by atoms with van der Waals surface area (Å²) in [5, 5.41) is 8.61. The number of hydrogen-bond acceptors (Lipinski definition) is 2. The van der Waals surface area contributed by atoms with Crippen LogP contribution in [0.25, 0.3) is 0 Å². The van der Waals surface area contributed by atoms with Gasteiger partial charge in [-0.15, -0.1) is 0 Å². The van der Waals surface area contributed by atoms with Crippen LogP contribution < -0.4 is 0 Å². The second kappa shape index (κ2) is 3.21. The number of carbonyl (C=O) groups is 1. The van der Waals surface area contributed by atoms with Gasteiger partial charge in [-0.1, -0.05) is 0 Å². The first-order chi connectivity index (χ1) is 5.25. The Morgan fingerprint density at radius 3 is 2.91 bits per heavy atom. The number of H-pyrrole nitrogens is 1. The minimum absolute atomic E-state index is 0.625. The molecule has 0 radical (unpaired) electrons. The summed E-state index contributed by atoms with van der Waals surface area (Å²) in [6, 6.07) is 1.67. The van der Waals surface area contributed by atoms with E-state index in [9.17, 15) is 4.79 Å². The predicted molar refractivity (Wildman–Crippen MR) is 38.2 cm³/mol. The van der Waals surface area contributed by atoms with E-state index in [1.807, 2.05) is 0 Å². The molecule has 0 spiro atoms. The van der Waals surface area contributed by atoms with E-state index in [0.717, 1.165) is 0 Å². The van der Waals surface area contributed by atoms with Gasteiger partial charge in [0.2, 0.25) is 0 Å². The van der Waals surface area contributed by atoms with Crippen molar-refractivity contribution < 1.29 is 14.6 Å². The molecule has 0 bridgehead atoms. The maximum atomic E-state index is 10.5. The van der Waals surface area contributed by atoms with Crippen LogP contribution in [0.1, 0.15) is 11.7 Å². The highest BCUT2D eigenvalue weighted by Gasteiger charge is 2.18. The van der Waals surface area contributed by atoms with Crippen LogP contribution in [0.3, 0.4) is 0 Å². The highest BCUT2D eigenvalue weighted by atomic mass is 16.5. The Balaban J connectivity index is 2.79. The zero-order valence-corrected chi connectivity index (χ0v) is 6.07. The van der Waals surface area contributed by atoms with Gasteiger partial charge >= 0.3 is 5.97 Å². The quantitative estimate of drug-likeness (QED) is 0.678. The van der Waals surface area contributed by atoms with Crippen LogP contribution in [-0.2, 0) is 9.53 Å². The van der Waals surface area contributed by atoms with Gasteiger partial charge in [-0.25, -0.2) is 4.79 Å². The molecule has 0 fully saturated rings. The average molecular weight is 155 g/mol. The molecule has 0 aliphatic rings. The first-order valence-corrected chi connectivity index (χ1v) is 3.14. The maximum absolute atomic E-state index is 10.5. The molecular weight excluding hydrogens is 146 g/mol. The van der Waals surface area contributed by atoms with Crippen molar-refractivity contribution in [3.8, 4) is 0 Å². The molecular formula is C7H9NO3. The standard InChI is InChI=1S/C7H9NO3/c1-11-6(7(9)10)5-2-3-8-4-5/h2-4,6,8H,1H3,(H,9,10)/t6-/m1/s1. The number of ether oxygens (including phenoxy) is 1. The number of hydrogen-bond donors (Lipinski definition) is 2. The molecule has 0 unspecified atom stereocenters. The number of aromatic nitrogens is 1. The van der Waals surface area contributed by atoms with E-state index in [1.165, 1.54) is 7.11 Å². The van der Waals surface area contributed by atoms with Crippen LogP contribution in [0.2, 0.25) is 0 Å². The van der Waals surface area contributed by atoms with E-state index in [2.05, 4.69) is 4.98 Å². The Morgan fingerprint density at radius 2 is 2.55 bits per heavy atom. The van der Waals surface area contributed by atoms with E-state index >= 15 is 0 Å². The molecule has 4 nitrogen and oxygen atoms in total. The van der Waals surface area contributed by atoms with Gasteiger partial charge in [0.25, 0.3) is 0 Å². The lowest BCUT2D eigenvalue weighted by molar-refractivity contribution is -0.148. The number of carboxylic acid groups (broad SMARTS) is 1. The summed E-state index contributed by atoms with van der Waals surface area (Å²) in [5.41, 5.74) is 0.625. The largest absolute Gasteiger partial charge is 0.479 e. The Bertz CT molecular complexity index is 230. The van der Waals surface area contributed by atoms with Crippen molar-refractivity contribution in [2.24, 2.45) is 0 Å². The highest BCUT2D eigenvalue weighted by Crippen LogP contribution is 2.14. The zero-order valence-electron chi connectivity index (χ0n) is 6.07. The van der Waals surface area contributed by atoms with Crippen LogP contribution in [0.5, 0.6) is 0 Å². The minimum atomic E-state index is -0.980. The molecule has 4 heteroatoms. The monoisotopic (exact) mass is 155 g/mol. The number of aromatic amines is 1. The summed E-state index contributed by atoms with van der Waals surface area (Å²) in [4.78, 5) is 13.2. The van der Waals surface area contributed by atoms with Crippen molar-refractivity contribution in [2.75, 3.05) is 7.11 Å². The van der Waals surface area contributed by atoms with Gasteiger partial charge in [-0.2, -0.15) is 0 Å². The van der Waals surface area contributed by atoms with Crippen LogP contribution >= 0.6 is 0 Å². The van der Waals surface area contributed by atoms with E-state index < -0.39 is 12.1 Å². The predicted octanol–water partition coefficient (Wildman–Crippen LogP) is 0.787. The lowest BCUT2D eigenvalue weighted by Gasteiger charge is -2.06. The first-order valence-electron chi connectivity index (χ1n) is 3.14. The molecule has 1 heterocycles. The molecule has 11 heavy (non-hydrogen) atoms. The van der Waals surface area contributed by atoms with Gasteiger partial charge in [0, 0.05) is 25.1 Å². The van der Waals surface area contributed by atoms with Crippen molar-refractivity contribution in [1.29, 1.82) is 0 Å². The Hall–Kier alpha value is -1.29. The summed E-state index contributed by atoms with van der Waals surface area (Å²) in [6.07, 6.45) is 2.40. The molecule has 1 atom stereocenters. The molecule has 0 saturated heterocycles. The molecule has 0 amide bonds. The van der Waals surface area contributed by atoms with Gasteiger partial charge in [-0.05, 0) is 6.07 Å². The SMILES string of the molecule is CO[C@@H](C(=O)O)c1cc[nH]c1. The number of nitrogens with one attached hydrogen (secondary N) is 1. The number of aliphatic carboxylic acids is 1. The van der Waals surface area contributed by atoms with Gasteiger partial charge in [0.15, 0.2) is 6.10 Å². The average Bonchev–Trinajstić information content (AvgIpc) is 2.40. The van der Waals surface area contributed by atoms with Gasteiger partial charge < -0.3 is 14.8 Å². The number of rotatable bonds is 3. The number of methoxy groups -OCH3 is 1. The molecule has 1 aromatic heterocycles. The minimum Gasteiger partial charge on any atom is -0.479 e. The molecule has 60 valence electrons. The fourth-order valence-corrected chi connectivity index (χ4v) is 0.879. The molecule has 0 aliphatic carbocycles. The lowest BCUT2D eigenvalue weighted by atomic mass is 10.2. The van der Waals surface area contributed by atoms with E-state index in [4.69, 9.17) is 9.84 Å². The third kappa shape index (κ3) is 1.59. The highest BCUT2D eigenvalue weighted by molar-refractivity contribution is 5.74. The fourth-order valence-electron chi connectivity index (χ4n) is 0.879. The van der Waals surface area contributed by atoms with Crippen molar-refractivity contribution in [3.63, 3.8) is 0 Å². The smallest absolute Gasteiger partial charge is 0.337 e. The summed E-state index contributed by atoms with van der Waals surface area (Å²) < 4.78 is 4.74. The maximum Gasteiger partial charge on any atom is 0.337 e. The van der Waals surface area contributed by atoms with E-state index in [-0.39, 0.29) is 0 Å². The van der Waals surface area contributed by atoms with Crippen LogP contribution in [0.4, 0.5) is 0 Å². The molecule has 0 aliphatic heterocycles. The second-order valence-corrected chi connectivity index (χ2v) is 2.10. The Kier molecular flexibility index (Phi) is 2.28. The summed E-state index contributed by atoms with van der Waals surface area (Å²) in [6.45, 7) is 0. The van der Waals surface area contributed by atoms with Gasteiger partial charge in [-0.3, -0.25) is 0 Å². The molecule has 0 aromatic carbocycles. The number of carboxylic acids is 1. The van der Waals surface area contributed by atoms with Crippen molar-refractivity contribution in [1.82, 2.24) is 4.98 Å². The first kappa shape index (κ1) is 7.81. The topological polar surface area (TPSA) is 62.3 Å². The van der Waals surface area contributed by atoms with E-state index in [0.29, 0.717) is 5.56 Å². The Labute approximate surface area is 63.8 Å².